The van der Waals surface area contributed by atoms with E-state index in [0.29, 0.717) is 19.4 Å². The van der Waals surface area contributed by atoms with Crippen LogP contribution in [0.5, 0.6) is 0 Å². The smallest absolute Gasteiger partial charge is 0.417 e. The minimum atomic E-state index is -1.07. The predicted molar refractivity (Wildman–Crippen MR) is 183 cm³/mol. The second-order valence-corrected chi connectivity index (χ2v) is 12.2. The lowest BCUT2D eigenvalue weighted by molar-refractivity contribution is -0.138. The molecule has 0 aliphatic carbocycles. The van der Waals surface area contributed by atoms with Crippen molar-refractivity contribution in [3.8, 4) is 0 Å². The van der Waals surface area contributed by atoms with Gasteiger partial charge < -0.3 is 32.2 Å². The van der Waals surface area contributed by atoms with Crippen LogP contribution in [-0.2, 0) is 32.1 Å². The summed E-state index contributed by atoms with van der Waals surface area (Å²) in [5.41, 5.74) is 13.2. The van der Waals surface area contributed by atoms with Crippen LogP contribution in [0.25, 0.3) is 0 Å². The average molecular weight is 650 g/mol. The molecule has 2 aromatic rings. The summed E-state index contributed by atoms with van der Waals surface area (Å²) >= 11 is 0. The van der Waals surface area contributed by atoms with Crippen molar-refractivity contribution < 1.29 is 23.9 Å². The van der Waals surface area contributed by atoms with Crippen LogP contribution in [0.15, 0.2) is 72.8 Å². The van der Waals surface area contributed by atoms with E-state index in [-0.39, 0.29) is 49.7 Å². The zero-order chi connectivity index (χ0) is 34.8. The van der Waals surface area contributed by atoms with E-state index in [4.69, 9.17) is 21.6 Å². The molecular weight excluding hydrogens is 598 g/mol. The Bertz CT molecular complexity index is 1320. The number of nitrogens with zero attached hydrogens (tertiary/aromatic N) is 1. The van der Waals surface area contributed by atoms with Crippen LogP contribution in [-0.4, -0.2) is 65.9 Å². The third kappa shape index (κ3) is 14.5. The van der Waals surface area contributed by atoms with Gasteiger partial charge in [-0.2, -0.15) is 0 Å². The Labute approximate surface area is 278 Å². The monoisotopic (exact) mass is 649 g/mol. The third-order valence-electron chi connectivity index (χ3n) is 7.36. The van der Waals surface area contributed by atoms with Crippen LogP contribution in [0, 0.1) is 17.2 Å². The highest BCUT2D eigenvalue weighted by Gasteiger charge is 2.38. The molecule has 2 rings (SSSR count). The molecule has 0 radical (unpaired) electrons. The van der Waals surface area contributed by atoms with Gasteiger partial charge in [0.05, 0.1) is 12.1 Å². The first kappa shape index (κ1) is 38.5. The highest BCUT2D eigenvalue weighted by atomic mass is 16.6. The predicted octanol–water partition coefficient (Wildman–Crippen LogP) is 3.21. The van der Waals surface area contributed by atoms with E-state index in [2.05, 4.69) is 16.0 Å². The minimum Gasteiger partial charge on any atom is -0.444 e. The number of nitrogens with two attached hydrogens (primary N) is 2. The molecular formula is C35H51N7O5. The highest BCUT2D eigenvalue weighted by molar-refractivity contribution is 5.98. The molecule has 0 heterocycles. The van der Waals surface area contributed by atoms with E-state index in [0.717, 1.165) is 16.0 Å². The molecule has 0 spiro atoms. The highest BCUT2D eigenvalue weighted by Crippen LogP contribution is 2.18. The number of benzene rings is 2. The van der Waals surface area contributed by atoms with Gasteiger partial charge in [-0.25, -0.2) is 9.69 Å². The van der Waals surface area contributed by atoms with Gasteiger partial charge in [-0.15, -0.1) is 0 Å². The lowest BCUT2D eigenvalue weighted by atomic mass is 9.98. The van der Waals surface area contributed by atoms with Gasteiger partial charge in [-0.05, 0) is 54.7 Å². The van der Waals surface area contributed by atoms with Crippen LogP contribution < -0.4 is 27.4 Å². The molecule has 0 saturated heterocycles. The van der Waals surface area contributed by atoms with E-state index in [1.807, 2.05) is 76.2 Å². The molecule has 0 bridgehead atoms. The van der Waals surface area contributed by atoms with Crippen molar-refractivity contribution >= 4 is 29.8 Å². The number of hydrogen-bond acceptors (Lipinski definition) is 7. The number of hydrogen-bond donors (Lipinski definition) is 6. The maximum Gasteiger partial charge on any atom is 0.417 e. The zero-order valence-electron chi connectivity index (χ0n) is 27.9. The molecule has 12 heteroatoms. The van der Waals surface area contributed by atoms with Crippen molar-refractivity contribution in [1.82, 2.24) is 20.9 Å². The molecule has 256 valence electrons. The fourth-order valence-corrected chi connectivity index (χ4v) is 4.80. The van der Waals surface area contributed by atoms with Gasteiger partial charge in [0.1, 0.15) is 12.6 Å². The molecule has 8 N–H and O–H groups in total. The third-order valence-corrected chi connectivity index (χ3v) is 7.36. The first-order chi connectivity index (χ1) is 22.4. The standard InChI is InChI=1S/C35H51N7O5/c1-24(2)21-29(41-32(44)28(36)18-12-20-39-34(37)38)33(45)42(35(46)47-23-27-15-9-6-10-16-27)30(25(3)4)22-40-31(43)19-11-17-26-13-7-5-8-14-26/h5-11,13-16,19,24-25,28-30H,12,17-18,20-23,36H2,1-4H3,(H,40,43)(H,41,44)(H4,37,38,39)/b19-11+/t28-,29-,30+/m0/s1. The molecule has 0 unspecified atom stereocenters. The summed E-state index contributed by atoms with van der Waals surface area (Å²) in [7, 11) is 0. The molecule has 0 fully saturated rings. The molecule has 2 aromatic carbocycles. The molecule has 0 saturated carbocycles. The normalized spacial score (nSPS) is 13.1. The average Bonchev–Trinajstić information content (AvgIpc) is 3.03. The molecule has 12 nitrogen and oxygen atoms in total. The Balaban J connectivity index is 2.26. The topological polar surface area (TPSA) is 193 Å². The number of allylic oxidation sites excluding steroid dienone is 1. The number of ether oxygens (including phenoxy) is 1. The first-order valence-electron chi connectivity index (χ1n) is 16.0. The zero-order valence-corrected chi connectivity index (χ0v) is 27.9. The molecule has 47 heavy (non-hydrogen) atoms. The van der Waals surface area contributed by atoms with Gasteiger partial charge in [0.25, 0.3) is 5.91 Å². The summed E-state index contributed by atoms with van der Waals surface area (Å²) in [6, 6.07) is 16.0. The number of guanidine groups is 1. The van der Waals surface area contributed by atoms with E-state index < -0.39 is 36.0 Å². The maximum absolute atomic E-state index is 14.2. The van der Waals surface area contributed by atoms with Gasteiger partial charge in [-0.1, -0.05) is 94.4 Å². The van der Waals surface area contributed by atoms with Crippen LogP contribution in [0.2, 0.25) is 0 Å². The number of carbonyl (C=O) groups excluding carboxylic acids is 4. The van der Waals surface area contributed by atoms with Gasteiger partial charge >= 0.3 is 6.09 Å². The molecule has 4 amide bonds. The number of carbonyl (C=O) groups is 4. The Morgan fingerprint density at radius 3 is 2.13 bits per heavy atom. The SMILES string of the molecule is CC(C)C[C@H](NC(=O)[C@@H](N)CCCNC(=N)N)C(=O)N(C(=O)OCc1ccccc1)[C@H](CNC(=O)/C=C/Cc1ccccc1)C(C)C. The molecule has 0 aromatic heterocycles. The van der Waals surface area contributed by atoms with Crippen molar-refractivity contribution in [1.29, 1.82) is 5.41 Å². The number of nitrogens with one attached hydrogen (secondary N) is 4. The van der Waals surface area contributed by atoms with Crippen LogP contribution in [0.3, 0.4) is 0 Å². The van der Waals surface area contributed by atoms with Crippen molar-refractivity contribution in [3.05, 3.63) is 83.9 Å². The second kappa shape index (κ2) is 20.4. The van der Waals surface area contributed by atoms with Crippen LogP contribution in [0.1, 0.15) is 58.1 Å². The van der Waals surface area contributed by atoms with Gasteiger partial charge in [0.15, 0.2) is 5.96 Å². The lowest BCUT2D eigenvalue weighted by Gasteiger charge is -2.35. The van der Waals surface area contributed by atoms with Crippen LogP contribution >= 0.6 is 0 Å². The maximum atomic E-state index is 14.2. The summed E-state index contributed by atoms with van der Waals surface area (Å²) < 4.78 is 5.62. The fraction of sp³-hybridized carbons (Fsp3) is 0.457. The Hall–Kier alpha value is -4.71. The summed E-state index contributed by atoms with van der Waals surface area (Å²) in [5.74, 6) is -2.03. The number of imide groups is 1. The Morgan fingerprint density at radius 1 is 0.936 bits per heavy atom. The second-order valence-electron chi connectivity index (χ2n) is 12.2. The first-order valence-corrected chi connectivity index (χ1v) is 16.0. The van der Waals surface area contributed by atoms with Crippen LogP contribution in [0.4, 0.5) is 4.79 Å². The summed E-state index contributed by atoms with van der Waals surface area (Å²) in [6.45, 7) is 7.77. The number of amides is 4. The molecule has 3 atom stereocenters. The van der Waals surface area contributed by atoms with Gasteiger partial charge in [0, 0.05) is 13.1 Å². The minimum absolute atomic E-state index is 0.0191. The van der Waals surface area contributed by atoms with Crippen molar-refractivity contribution in [2.24, 2.45) is 23.3 Å². The Morgan fingerprint density at radius 2 is 1.55 bits per heavy atom. The molecule has 0 aliphatic heterocycles. The van der Waals surface area contributed by atoms with E-state index in [9.17, 15) is 19.2 Å². The number of rotatable bonds is 18. The summed E-state index contributed by atoms with van der Waals surface area (Å²) in [4.78, 5) is 54.9. The van der Waals surface area contributed by atoms with E-state index in [1.54, 1.807) is 18.2 Å². The lowest BCUT2D eigenvalue weighted by Crippen LogP contribution is -2.59. The van der Waals surface area contributed by atoms with E-state index >= 15 is 0 Å². The largest absolute Gasteiger partial charge is 0.444 e. The summed E-state index contributed by atoms with van der Waals surface area (Å²) in [5, 5.41) is 15.5. The van der Waals surface area contributed by atoms with Crippen molar-refractivity contribution in [2.45, 2.75) is 78.1 Å². The van der Waals surface area contributed by atoms with Gasteiger partial charge in [0.2, 0.25) is 11.8 Å². The van der Waals surface area contributed by atoms with Gasteiger partial charge in [-0.3, -0.25) is 19.8 Å². The van der Waals surface area contributed by atoms with Crippen molar-refractivity contribution in [3.63, 3.8) is 0 Å². The fourth-order valence-electron chi connectivity index (χ4n) is 4.80. The van der Waals surface area contributed by atoms with E-state index in [1.165, 1.54) is 6.08 Å². The summed E-state index contributed by atoms with van der Waals surface area (Å²) in [6.07, 6.45) is 3.88. The molecule has 0 aliphatic rings. The Kier molecular flexibility index (Phi) is 16.7. The quantitative estimate of drug-likeness (QED) is 0.0613. The van der Waals surface area contributed by atoms with Crippen molar-refractivity contribution in [2.75, 3.05) is 13.1 Å².